The smallest absolute Gasteiger partial charge is 0.340 e. The molecule has 29 heavy (non-hydrogen) atoms. The minimum absolute atomic E-state index is 0.266. The molecule has 0 saturated heterocycles. The summed E-state index contributed by atoms with van der Waals surface area (Å²) in [6.07, 6.45) is 3.77. The standard InChI is InChI=1S/C23H23N3O3/c1-2-26(20-9-5-7-16-6-3-4-8-19(16)20)22(27)15-29-23(28)17-10-13-21(24-14-17)25-18-11-12-18/h3-10,13-14,18H,2,11-12,15H2,1H3,(H,24,25). The molecule has 0 bridgehead atoms. The predicted octanol–water partition coefficient (Wildman–Crippen LogP) is 4.02. The number of ether oxygens (including phenoxy) is 1. The molecule has 1 N–H and O–H groups in total. The zero-order valence-corrected chi connectivity index (χ0v) is 16.3. The van der Waals surface area contributed by atoms with E-state index in [-0.39, 0.29) is 12.5 Å². The second-order valence-corrected chi connectivity index (χ2v) is 7.06. The van der Waals surface area contributed by atoms with Crippen LogP contribution in [-0.2, 0) is 9.53 Å². The third-order valence-corrected chi connectivity index (χ3v) is 4.93. The first kappa shape index (κ1) is 18.9. The molecule has 6 nitrogen and oxygen atoms in total. The van der Waals surface area contributed by atoms with Crippen molar-refractivity contribution >= 4 is 34.2 Å². The highest BCUT2D eigenvalue weighted by Gasteiger charge is 2.22. The normalized spacial score (nSPS) is 13.1. The Labute approximate surface area is 169 Å². The van der Waals surface area contributed by atoms with Crippen LogP contribution in [0.1, 0.15) is 30.1 Å². The number of esters is 1. The van der Waals surface area contributed by atoms with Gasteiger partial charge in [-0.05, 0) is 43.4 Å². The molecule has 1 aliphatic rings. The third-order valence-electron chi connectivity index (χ3n) is 4.93. The average molecular weight is 389 g/mol. The van der Waals surface area contributed by atoms with Gasteiger partial charge in [-0.3, -0.25) is 4.79 Å². The summed E-state index contributed by atoms with van der Waals surface area (Å²) >= 11 is 0. The van der Waals surface area contributed by atoms with Gasteiger partial charge < -0.3 is 15.0 Å². The molecule has 0 atom stereocenters. The van der Waals surface area contributed by atoms with Gasteiger partial charge in [0, 0.05) is 24.2 Å². The van der Waals surface area contributed by atoms with Crippen molar-refractivity contribution in [1.29, 1.82) is 0 Å². The first-order chi connectivity index (χ1) is 14.2. The third kappa shape index (κ3) is 4.37. The van der Waals surface area contributed by atoms with E-state index in [0.717, 1.165) is 35.1 Å². The molecule has 1 aromatic heterocycles. The zero-order valence-electron chi connectivity index (χ0n) is 16.3. The molecule has 1 saturated carbocycles. The molecule has 1 aliphatic carbocycles. The average Bonchev–Trinajstić information content (AvgIpc) is 3.57. The Balaban J connectivity index is 1.41. The molecular weight excluding hydrogens is 366 g/mol. The minimum Gasteiger partial charge on any atom is -0.452 e. The molecule has 0 radical (unpaired) electrons. The summed E-state index contributed by atoms with van der Waals surface area (Å²) in [5.41, 5.74) is 1.14. The summed E-state index contributed by atoms with van der Waals surface area (Å²) in [7, 11) is 0. The highest BCUT2D eigenvalue weighted by molar-refractivity contribution is 6.04. The lowest BCUT2D eigenvalue weighted by Crippen LogP contribution is -2.34. The number of benzene rings is 2. The Morgan fingerprint density at radius 1 is 1.10 bits per heavy atom. The van der Waals surface area contributed by atoms with Crippen LogP contribution in [0.3, 0.4) is 0 Å². The second-order valence-electron chi connectivity index (χ2n) is 7.06. The van der Waals surface area contributed by atoms with Gasteiger partial charge in [0.2, 0.25) is 0 Å². The maximum atomic E-state index is 12.8. The van der Waals surface area contributed by atoms with E-state index in [1.165, 1.54) is 6.20 Å². The van der Waals surface area contributed by atoms with Crippen molar-refractivity contribution in [2.75, 3.05) is 23.4 Å². The molecule has 6 heteroatoms. The molecule has 0 aliphatic heterocycles. The van der Waals surface area contributed by atoms with E-state index in [4.69, 9.17) is 4.74 Å². The van der Waals surface area contributed by atoms with Gasteiger partial charge >= 0.3 is 5.97 Å². The van der Waals surface area contributed by atoms with Gasteiger partial charge in [0.05, 0.1) is 11.3 Å². The Morgan fingerprint density at radius 3 is 2.62 bits per heavy atom. The lowest BCUT2D eigenvalue weighted by molar-refractivity contribution is -0.121. The van der Waals surface area contributed by atoms with E-state index in [2.05, 4.69) is 10.3 Å². The van der Waals surface area contributed by atoms with Gasteiger partial charge in [-0.1, -0.05) is 36.4 Å². The second kappa shape index (κ2) is 8.31. The van der Waals surface area contributed by atoms with Gasteiger partial charge in [0.15, 0.2) is 6.61 Å². The largest absolute Gasteiger partial charge is 0.452 e. The number of pyridine rings is 1. The first-order valence-corrected chi connectivity index (χ1v) is 9.83. The predicted molar refractivity (Wildman–Crippen MR) is 113 cm³/mol. The summed E-state index contributed by atoms with van der Waals surface area (Å²) in [4.78, 5) is 30.9. The van der Waals surface area contributed by atoms with Gasteiger partial charge in [-0.15, -0.1) is 0 Å². The van der Waals surface area contributed by atoms with E-state index < -0.39 is 5.97 Å². The summed E-state index contributed by atoms with van der Waals surface area (Å²) in [6, 6.07) is 17.6. The van der Waals surface area contributed by atoms with E-state index in [0.29, 0.717) is 18.2 Å². The summed E-state index contributed by atoms with van der Waals surface area (Å²) in [6.45, 7) is 2.06. The number of fused-ring (bicyclic) bond motifs is 1. The van der Waals surface area contributed by atoms with Crippen molar-refractivity contribution in [3.8, 4) is 0 Å². The number of carbonyl (C=O) groups is 2. The van der Waals surface area contributed by atoms with Crippen molar-refractivity contribution in [2.45, 2.75) is 25.8 Å². The van der Waals surface area contributed by atoms with Gasteiger partial charge in [-0.25, -0.2) is 9.78 Å². The van der Waals surface area contributed by atoms with Crippen molar-refractivity contribution in [1.82, 2.24) is 4.98 Å². The van der Waals surface area contributed by atoms with E-state index in [1.807, 2.05) is 49.4 Å². The molecule has 2 aromatic carbocycles. The van der Waals surface area contributed by atoms with Crippen LogP contribution < -0.4 is 10.2 Å². The lowest BCUT2D eigenvalue weighted by atomic mass is 10.1. The van der Waals surface area contributed by atoms with Crippen LogP contribution in [0, 0.1) is 0 Å². The maximum Gasteiger partial charge on any atom is 0.340 e. The van der Waals surface area contributed by atoms with Crippen LogP contribution in [0.25, 0.3) is 10.8 Å². The van der Waals surface area contributed by atoms with Gasteiger partial charge in [-0.2, -0.15) is 0 Å². The Hall–Kier alpha value is -3.41. The fourth-order valence-electron chi connectivity index (χ4n) is 3.25. The number of anilines is 2. The number of hydrogen-bond acceptors (Lipinski definition) is 5. The topological polar surface area (TPSA) is 71.5 Å². The van der Waals surface area contributed by atoms with E-state index in [1.54, 1.807) is 17.0 Å². The van der Waals surface area contributed by atoms with Crippen molar-refractivity contribution in [2.24, 2.45) is 0 Å². The number of carbonyl (C=O) groups excluding carboxylic acids is 2. The highest BCUT2D eigenvalue weighted by atomic mass is 16.5. The van der Waals surface area contributed by atoms with Crippen LogP contribution in [-0.4, -0.2) is 36.1 Å². The number of hydrogen-bond donors (Lipinski definition) is 1. The number of rotatable bonds is 7. The van der Waals surface area contributed by atoms with Crippen LogP contribution >= 0.6 is 0 Å². The fourth-order valence-corrected chi connectivity index (χ4v) is 3.25. The molecule has 1 amide bonds. The molecule has 1 heterocycles. The fraction of sp³-hybridized carbons (Fsp3) is 0.261. The Bertz CT molecular complexity index is 1020. The molecule has 4 rings (SSSR count). The molecular formula is C23H23N3O3. The van der Waals surface area contributed by atoms with Crippen molar-refractivity contribution in [3.63, 3.8) is 0 Å². The van der Waals surface area contributed by atoms with E-state index >= 15 is 0 Å². The Morgan fingerprint density at radius 2 is 1.90 bits per heavy atom. The van der Waals surface area contributed by atoms with Crippen LogP contribution in [0.4, 0.5) is 11.5 Å². The SMILES string of the molecule is CCN(C(=O)COC(=O)c1ccc(NC2CC2)nc1)c1cccc2ccccc12. The Kier molecular flexibility index (Phi) is 5.42. The highest BCUT2D eigenvalue weighted by Crippen LogP contribution is 2.27. The van der Waals surface area contributed by atoms with Crippen molar-refractivity contribution in [3.05, 3.63) is 66.4 Å². The van der Waals surface area contributed by atoms with Crippen LogP contribution in [0.2, 0.25) is 0 Å². The maximum absolute atomic E-state index is 12.8. The molecule has 148 valence electrons. The summed E-state index contributed by atoms with van der Waals surface area (Å²) in [5, 5.41) is 5.30. The van der Waals surface area contributed by atoms with Gasteiger partial charge in [0.1, 0.15) is 5.82 Å². The van der Waals surface area contributed by atoms with Crippen molar-refractivity contribution < 1.29 is 14.3 Å². The number of likely N-dealkylation sites (N-methyl/N-ethyl adjacent to an activating group) is 1. The van der Waals surface area contributed by atoms with Crippen LogP contribution in [0.5, 0.6) is 0 Å². The zero-order chi connectivity index (χ0) is 20.2. The summed E-state index contributed by atoms with van der Waals surface area (Å²) in [5.74, 6) is -0.0804. The first-order valence-electron chi connectivity index (χ1n) is 9.83. The molecule has 1 fully saturated rings. The number of nitrogens with zero attached hydrogens (tertiary/aromatic N) is 2. The molecule has 0 unspecified atom stereocenters. The molecule has 3 aromatic rings. The summed E-state index contributed by atoms with van der Waals surface area (Å²) < 4.78 is 5.25. The number of aromatic nitrogens is 1. The van der Waals surface area contributed by atoms with Crippen LogP contribution in [0.15, 0.2) is 60.8 Å². The lowest BCUT2D eigenvalue weighted by Gasteiger charge is -2.22. The number of amides is 1. The monoisotopic (exact) mass is 389 g/mol. The van der Waals surface area contributed by atoms with E-state index in [9.17, 15) is 9.59 Å². The molecule has 0 spiro atoms. The quantitative estimate of drug-likeness (QED) is 0.618. The minimum atomic E-state index is -0.558. The van der Waals surface area contributed by atoms with Gasteiger partial charge in [0.25, 0.3) is 5.91 Å². The number of nitrogens with one attached hydrogen (secondary N) is 1.